The fourth-order valence-electron chi connectivity index (χ4n) is 3.88. The zero-order valence-electron chi connectivity index (χ0n) is 20.4. The maximum atomic E-state index is 12.7. The minimum Gasteiger partial charge on any atom is -0.496 e. The molecular formula is C29H29ClO5. The third kappa shape index (κ3) is 5.80. The van der Waals surface area contributed by atoms with E-state index in [0.717, 1.165) is 38.8 Å². The molecule has 1 aliphatic heterocycles. The van der Waals surface area contributed by atoms with E-state index in [1.165, 1.54) is 0 Å². The molecule has 0 saturated carbocycles. The second-order valence-electron chi connectivity index (χ2n) is 8.71. The third-order valence-electron chi connectivity index (χ3n) is 5.85. The molecule has 4 rings (SSSR count). The summed E-state index contributed by atoms with van der Waals surface area (Å²) < 4.78 is 22.9. The molecule has 0 radical (unpaired) electrons. The second-order valence-corrected chi connectivity index (χ2v) is 9.12. The van der Waals surface area contributed by atoms with Gasteiger partial charge in [-0.15, -0.1) is 0 Å². The largest absolute Gasteiger partial charge is 0.496 e. The van der Waals surface area contributed by atoms with Crippen LogP contribution >= 0.6 is 11.6 Å². The first-order valence-electron chi connectivity index (χ1n) is 11.6. The quantitative estimate of drug-likeness (QED) is 0.249. The predicted molar refractivity (Wildman–Crippen MR) is 138 cm³/mol. The molecule has 0 aliphatic carbocycles. The van der Waals surface area contributed by atoms with Crippen molar-refractivity contribution in [1.29, 1.82) is 0 Å². The van der Waals surface area contributed by atoms with Gasteiger partial charge < -0.3 is 18.9 Å². The lowest BCUT2D eigenvalue weighted by Gasteiger charge is -2.18. The average Bonchev–Trinajstić information content (AvgIpc) is 2.87. The molecule has 3 aromatic rings. The van der Waals surface area contributed by atoms with Crippen LogP contribution in [0, 0.1) is 6.92 Å². The van der Waals surface area contributed by atoms with E-state index in [1.54, 1.807) is 37.5 Å². The van der Waals surface area contributed by atoms with Crippen LogP contribution in [0.3, 0.4) is 0 Å². The lowest BCUT2D eigenvalue weighted by molar-refractivity contribution is 0.104. The van der Waals surface area contributed by atoms with Crippen LogP contribution in [0.2, 0.25) is 5.02 Å². The number of ether oxygens (including phenoxy) is 4. The zero-order valence-corrected chi connectivity index (χ0v) is 21.1. The van der Waals surface area contributed by atoms with Crippen LogP contribution < -0.4 is 18.9 Å². The molecule has 0 saturated heterocycles. The highest BCUT2D eigenvalue weighted by atomic mass is 35.5. The molecule has 1 heterocycles. The maximum absolute atomic E-state index is 12.7. The number of rotatable bonds is 8. The van der Waals surface area contributed by atoms with E-state index in [2.05, 4.69) is 13.8 Å². The van der Waals surface area contributed by atoms with Crippen molar-refractivity contribution >= 4 is 23.5 Å². The van der Waals surface area contributed by atoms with Gasteiger partial charge in [-0.1, -0.05) is 37.6 Å². The Morgan fingerprint density at radius 2 is 1.80 bits per heavy atom. The van der Waals surface area contributed by atoms with Crippen molar-refractivity contribution in [2.24, 2.45) is 0 Å². The van der Waals surface area contributed by atoms with E-state index in [0.29, 0.717) is 36.9 Å². The number of halogens is 1. The number of hydrogen-bond acceptors (Lipinski definition) is 5. The Hall–Kier alpha value is -3.44. The van der Waals surface area contributed by atoms with Crippen LogP contribution in [-0.2, 0) is 6.61 Å². The van der Waals surface area contributed by atoms with Gasteiger partial charge >= 0.3 is 0 Å². The van der Waals surface area contributed by atoms with Gasteiger partial charge in [0, 0.05) is 16.1 Å². The molecule has 0 N–H and O–H groups in total. The standard InChI is InChI=1S/C29H29ClO5/c1-18(2)23-16-24(30)19(3)13-28(23)35-17-22-14-20(6-9-26(22)32-4)5-8-25(31)21-7-10-27-29(15-21)34-12-11-33-27/h5-10,13-16,18H,11-12,17H2,1-4H3/b8-5+. The molecule has 0 amide bonds. The van der Waals surface area contributed by atoms with Crippen LogP contribution in [0.25, 0.3) is 6.08 Å². The molecule has 6 heteroatoms. The van der Waals surface area contributed by atoms with Crippen LogP contribution in [0.15, 0.2) is 54.6 Å². The fourth-order valence-corrected chi connectivity index (χ4v) is 4.05. The van der Waals surface area contributed by atoms with Gasteiger partial charge in [-0.3, -0.25) is 4.79 Å². The van der Waals surface area contributed by atoms with Crippen molar-refractivity contribution in [2.45, 2.75) is 33.3 Å². The van der Waals surface area contributed by atoms with Crippen molar-refractivity contribution in [2.75, 3.05) is 20.3 Å². The molecule has 0 atom stereocenters. The average molecular weight is 493 g/mol. The van der Waals surface area contributed by atoms with E-state index in [9.17, 15) is 4.79 Å². The minimum absolute atomic E-state index is 0.117. The number of ketones is 1. The molecule has 0 bridgehead atoms. The smallest absolute Gasteiger partial charge is 0.185 e. The molecule has 0 spiro atoms. The number of methoxy groups -OCH3 is 1. The summed E-state index contributed by atoms with van der Waals surface area (Å²) in [5.74, 6) is 2.93. The summed E-state index contributed by atoms with van der Waals surface area (Å²) >= 11 is 6.33. The first kappa shape index (κ1) is 24.7. The molecular weight excluding hydrogens is 464 g/mol. The topological polar surface area (TPSA) is 54.0 Å². The van der Waals surface area contributed by atoms with Crippen LogP contribution in [0.1, 0.15) is 52.4 Å². The Morgan fingerprint density at radius 3 is 2.54 bits per heavy atom. The molecule has 5 nitrogen and oxygen atoms in total. The summed E-state index contributed by atoms with van der Waals surface area (Å²) in [4.78, 5) is 12.7. The molecule has 0 fully saturated rings. The first-order chi connectivity index (χ1) is 16.9. The molecule has 182 valence electrons. The Balaban J connectivity index is 1.52. The number of allylic oxidation sites excluding steroid dienone is 1. The van der Waals surface area contributed by atoms with Gasteiger partial charge in [-0.2, -0.15) is 0 Å². The van der Waals surface area contributed by atoms with Crippen LogP contribution in [0.4, 0.5) is 0 Å². The summed E-state index contributed by atoms with van der Waals surface area (Å²) in [6, 6.07) is 14.9. The normalized spacial score (nSPS) is 12.7. The number of carbonyl (C=O) groups excluding carboxylic acids is 1. The predicted octanol–water partition coefficient (Wildman–Crippen LogP) is 7.03. The highest BCUT2D eigenvalue weighted by Crippen LogP contribution is 2.34. The van der Waals surface area contributed by atoms with E-state index in [-0.39, 0.29) is 11.7 Å². The summed E-state index contributed by atoms with van der Waals surface area (Å²) in [7, 11) is 1.63. The SMILES string of the molecule is COc1ccc(/C=C/C(=O)c2ccc3c(c2)OCCO3)cc1COc1cc(C)c(Cl)cc1C(C)C. The van der Waals surface area contributed by atoms with Crippen molar-refractivity contribution in [3.63, 3.8) is 0 Å². The monoisotopic (exact) mass is 492 g/mol. The summed E-state index contributed by atoms with van der Waals surface area (Å²) in [6.07, 6.45) is 3.34. The molecule has 0 aromatic heterocycles. The number of carbonyl (C=O) groups is 1. The highest BCUT2D eigenvalue weighted by Gasteiger charge is 2.15. The third-order valence-corrected chi connectivity index (χ3v) is 6.26. The van der Waals surface area contributed by atoms with Gasteiger partial charge in [0.2, 0.25) is 0 Å². The van der Waals surface area contributed by atoms with Crippen LogP contribution in [0.5, 0.6) is 23.0 Å². The van der Waals surface area contributed by atoms with Gasteiger partial charge in [0.25, 0.3) is 0 Å². The number of hydrogen-bond donors (Lipinski definition) is 0. The Kier molecular flexibility index (Phi) is 7.67. The second kappa shape index (κ2) is 10.9. The molecule has 1 aliphatic rings. The van der Waals surface area contributed by atoms with Crippen LogP contribution in [-0.4, -0.2) is 26.1 Å². The molecule has 0 unspecified atom stereocenters. The maximum Gasteiger partial charge on any atom is 0.185 e. The zero-order chi connectivity index (χ0) is 24.9. The highest BCUT2D eigenvalue weighted by molar-refractivity contribution is 6.31. The van der Waals surface area contributed by atoms with Crippen molar-refractivity contribution in [3.05, 3.63) is 87.4 Å². The Morgan fingerprint density at radius 1 is 1.03 bits per heavy atom. The van der Waals surface area contributed by atoms with Crippen molar-refractivity contribution in [1.82, 2.24) is 0 Å². The summed E-state index contributed by atoms with van der Waals surface area (Å²) in [5.41, 5.74) is 4.31. The van der Waals surface area contributed by atoms with Gasteiger partial charge in [0.1, 0.15) is 31.3 Å². The Bertz CT molecular complexity index is 1260. The minimum atomic E-state index is -0.117. The summed E-state index contributed by atoms with van der Waals surface area (Å²) in [6.45, 7) is 7.49. The molecule has 35 heavy (non-hydrogen) atoms. The fraction of sp³-hybridized carbons (Fsp3) is 0.276. The number of aryl methyl sites for hydroxylation is 1. The van der Waals surface area contributed by atoms with Gasteiger partial charge in [0.15, 0.2) is 17.3 Å². The van der Waals surface area contributed by atoms with Gasteiger partial charge in [-0.05, 0) is 78.1 Å². The van der Waals surface area contributed by atoms with Gasteiger partial charge in [0.05, 0.1) is 7.11 Å². The lowest BCUT2D eigenvalue weighted by atomic mass is 10.0. The van der Waals surface area contributed by atoms with E-state index in [1.807, 2.05) is 37.3 Å². The van der Waals surface area contributed by atoms with E-state index < -0.39 is 0 Å². The van der Waals surface area contributed by atoms with Gasteiger partial charge in [-0.25, -0.2) is 0 Å². The number of fused-ring (bicyclic) bond motifs is 1. The van der Waals surface area contributed by atoms with E-state index in [4.69, 9.17) is 30.5 Å². The van der Waals surface area contributed by atoms with Crippen molar-refractivity contribution < 1.29 is 23.7 Å². The number of benzene rings is 3. The van der Waals surface area contributed by atoms with Crippen molar-refractivity contribution in [3.8, 4) is 23.0 Å². The molecule has 3 aromatic carbocycles. The van der Waals surface area contributed by atoms with E-state index >= 15 is 0 Å². The Labute approximate surface area is 211 Å². The lowest BCUT2D eigenvalue weighted by Crippen LogP contribution is -2.15. The first-order valence-corrected chi connectivity index (χ1v) is 12.0. The summed E-state index contributed by atoms with van der Waals surface area (Å²) in [5, 5.41) is 0.730.